The Morgan fingerprint density at radius 1 is 1.57 bits per heavy atom. The van der Waals surface area contributed by atoms with Gasteiger partial charge in [0.1, 0.15) is 11.4 Å². The van der Waals surface area contributed by atoms with E-state index in [9.17, 15) is 4.79 Å². The lowest BCUT2D eigenvalue weighted by molar-refractivity contribution is 0.112. The normalized spacial score (nSPS) is 10.4. The number of carbonyl (C=O) groups excluding carboxylic acids is 1. The van der Waals surface area contributed by atoms with Gasteiger partial charge in [0.05, 0.1) is 12.6 Å². The first-order valence-electron chi connectivity index (χ1n) is 3.93. The van der Waals surface area contributed by atoms with Gasteiger partial charge in [-0.25, -0.2) is 0 Å². The highest BCUT2D eigenvalue weighted by atomic mass is 127. The fourth-order valence-corrected chi connectivity index (χ4v) is 2.18. The molecule has 0 saturated heterocycles. The Balaban J connectivity index is 2.78. The molecule has 4 nitrogen and oxygen atoms in total. The van der Waals surface area contributed by atoms with Gasteiger partial charge >= 0.3 is 0 Å². The van der Waals surface area contributed by atoms with E-state index in [2.05, 4.69) is 32.8 Å². The molecule has 0 spiro atoms. The Hall–Kier alpha value is -1.11. The first-order chi connectivity index (χ1) is 6.76. The van der Waals surface area contributed by atoms with Crippen molar-refractivity contribution in [3.8, 4) is 5.75 Å². The number of hydrogen-bond donors (Lipinski definition) is 1. The average molecular weight is 302 g/mol. The molecule has 0 amide bonds. The summed E-state index contributed by atoms with van der Waals surface area (Å²) in [5.41, 5.74) is 1.25. The Bertz CT molecular complexity index is 493. The van der Waals surface area contributed by atoms with Crippen LogP contribution < -0.4 is 4.74 Å². The van der Waals surface area contributed by atoms with Crippen molar-refractivity contribution in [3.05, 3.63) is 21.4 Å². The molecule has 14 heavy (non-hydrogen) atoms. The molecular weight excluding hydrogens is 295 g/mol. The minimum absolute atomic E-state index is 0.507. The highest BCUT2D eigenvalue weighted by Crippen LogP contribution is 2.26. The molecule has 0 atom stereocenters. The van der Waals surface area contributed by atoms with E-state index in [4.69, 9.17) is 4.74 Å². The van der Waals surface area contributed by atoms with Gasteiger partial charge < -0.3 is 4.74 Å². The molecule has 5 heteroatoms. The smallest absolute Gasteiger partial charge is 0.168 e. The van der Waals surface area contributed by atoms with Crippen LogP contribution in [-0.2, 0) is 0 Å². The summed E-state index contributed by atoms with van der Waals surface area (Å²) in [4.78, 5) is 10.7. The van der Waals surface area contributed by atoms with Crippen molar-refractivity contribution >= 4 is 39.8 Å². The number of aromatic nitrogens is 2. The van der Waals surface area contributed by atoms with Gasteiger partial charge in [-0.15, -0.1) is 0 Å². The minimum atomic E-state index is 0.507. The third-order valence-electron chi connectivity index (χ3n) is 1.96. The Morgan fingerprint density at radius 2 is 2.36 bits per heavy atom. The molecule has 0 saturated carbocycles. The quantitative estimate of drug-likeness (QED) is 0.682. The van der Waals surface area contributed by atoms with Gasteiger partial charge in [-0.1, -0.05) is 0 Å². The monoisotopic (exact) mass is 302 g/mol. The number of methoxy groups -OCH3 is 1. The summed E-state index contributed by atoms with van der Waals surface area (Å²) in [6, 6.07) is 3.66. The number of rotatable bonds is 2. The number of fused-ring (bicyclic) bond motifs is 1. The minimum Gasteiger partial charge on any atom is -0.497 e. The van der Waals surface area contributed by atoms with E-state index in [1.807, 2.05) is 6.07 Å². The van der Waals surface area contributed by atoms with Crippen LogP contribution in [0.2, 0.25) is 0 Å². The number of nitrogens with zero attached hydrogens (tertiary/aromatic N) is 1. The van der Waals surface area contributed by atoms with Gasteiger partial charge in [0.25, 0.3) is 0 Å². The molecule has 0 aliphatic carbocycles. The molecule has 0 unspecified atom stereocenters. The molecule has 1 aromatic carbocycles. The number of nitrogens with one attached hydrogen (secondary N) is 1. The van der Waals surface area contributed by atoms with Crippen molar-refractivity contribution in [2.45, 2.75) is 0 Å². The summed E-state index contributed by atoms with van der Waals surface area (Å²) < 4.78 is 6.05. The Labute approximate surface area is 93.8 Å². The van der Waals surface area contributed by atoms with E-state index in [1.165, 1.54) is 0 Å². The second-order valence-electron chi connectivity index (χ2n) is 2.76. The molecule has 72 valence electrons. The molecular formula is C9H7IN2O2. The van der Waals surface area contributed by atoms with Crippen LogP contribution in [0.5, 0.6) is 5.75 Å². The van der Waals surface area contributed by atoms with E-state index in [0.29, 0.717) is 5.69 Å². The zero-order valence-electron chi connectivity index (χ0n) is 7.37. The van der Waals surface area contributed by atoms with Gasteiger partial charge in [0.15, 0.2) is 6.29 Å². The van der Waals surface area contributed by atoms with Crippen LogP contribution in [0.15, 0.2) is 12.1 Å². The number of benzene rings is 1. The predicted octanol–water partition coefficient (Wildman–Crippen LogP) is 1.99. The van der Waals surface area contributed by atoms with E-state index in [1.54, 1.807) is 13.2 Å². The first-order valence-corrected chi connectivity index (χ1v) is 5.01. The zero-order valence-corrected chi connectivity index (χ0v) is 9.53. The topological polar surface area (TPSA) is 55.0 Å². The molecule has 0 bridgehead atoms. The summed E-state index contributed by atoms with van der Waals surface area (Å²) in [5.74, 6) is 0.742. The van der Waals surface area contributed by atoms with Gasteiger partial charge in [-0.2, -0.15) is 5.10 Å². The lowest BCUT2D eigenvalue weighted by atomic mass is 10.2. The van der Waals surface area contributed by atoms with Crippen molar-refractivity contribution in [3.63, 3.8) is 0 Å². The van der Waals surface area contributed by atoms with E-state index in [0.717, 1.165) is 26.5 Å². The van der Waals surface area contributed by atoms with Crippen molar-refractivity contribution in [1.82, 2.24) is 10.2 Å². The number of carbonyl (C=O) groups is 1. The molecule has 0 fully saturated rings. The number of halogens is 1. The molecule has 0 radical (unpaired) electrons. The van der Waals surface area contributed by atoms with Crippen LogP contribution in [0.1, 0.15) is 10.5 Å². The largest absolute Gasteiger partial charge is 0.497 e. The van der Waals surface area contributed by atoms with Crippen molar-refractivity contribution < 1.29 is 9.53 Å². The molecule has 1 N–H and O–H groups in total. The van der Waals surface area contributed by atoms with Crippen molar-refractivity contribution in [2.24, 2.45) is 0 Å². The summed E-state index contributed by atoms with van der Waals surface area (Å²) in [5, 5.41) is 7.54. The summed E-state index contributed by atoms with van der Waals surface area (Å²) >= 11 is 2.15. The molecule has 2 aromatic rings. The fourth-order valence-electron chi connectivity index (χ4n) is 1.30. The first kappa shape index (κ1) is 9.45. The van der Waals surface area contributed by atoms with Crippen LogP contribution in [0.3, 0.4) is 0 Å². The third kappa shape index (κ3) is 1.37. The van der Waals surface area contributed by atoms with E-state index in [-0.39, 0.29) is 0 Å². The molecule has 1 heterocycles. The van der Waals surface area contributed by atoms with Gasteiger partial charge in [0, 0.05) is 15.0 Å². The molecule has 0 aliphatic heterocycles. The lowest BCUT2D eigenvalue weighted by Crippen LogP contribution is -1.86. The van der Waals surface area contributed by atoms with Crippen LogP contribution in [0.25, 0.3) is 10.9 Å². The summed E-state index contributed by atoms with van der Waals surface area (Å²) in [6.45, 7) is 0. The Morgan fingerprint density at radius 3 is 3.00 bits per heavy atom. The average Bonchev–Trinajstić information content (AvgIpc) is 2.61. The lowest BCUT2D eigenvalue weighted by Gasteiger charge is -2.00. The number of hydrogen-bond acceptors (Lipinski definition) is 3. The van der Waals surface area contributed by atoms with Crippen LogP contribution in [-0.4, -0.2) is 23.6 Å². The van der Waals surface area contributed by atoms with E-state index < -0.39 is 0 Å². The summed E-state index contributed by atoms with van der Waals surface area (Å²) in [7, 11) is 1.60. The van der Waals surface area contributed by atoms with Crippen LogP contribution in [0, 0.1) is 3.57 Å². The number of H-pyrrole nitrogens is 1. The Kier molecular flexibility index (Phi) is 2.40. The number of aromatic amines is 1. The van der Waals surface area contributed by atoms with Crippen molar-refractivity contribution in [1.29, 1.82) is 0 Å². The SMILES string of the molecule is COc1cc(I)c2c(C=O)[nH]nc2c1. The van der Waals surface area contributed by atoms with Gasteiger partial charge in [-0.05, 0) is 28.7 Å². The fraction of sp³-hybridized carbons (Fsp3) is 0.111. The highest BCUT2D eigenvalue weighted by Gasteiger charge is 2.09. The van der Waals surface area contributed by atoms with Crippen LogP contribution in [0.4, 0.5) is 0 Å². The zero-order chi connectivity index (χ0) is 10.1. The van der Waals surface area contributed by atoms with Crippen LogP contribution >= 0.6 is 22.6 Å². The molecule has 2 rings (SSSR count). The number of ether oxygens (including phenoxy) is 1. The molecule has 1 aromatic heterocycles. The van der Waals surface area contributed by atoms with Gasteiger partial charge in [-0.3, -0.25) is 9.89 Å². The van der Waals surface area contributed by atoms with E-state index >= 15 is 0 Å². The summed E-state index contributed by atoms with van der Waals surface area (Å²) in [6.07, 6.45) is 0.768. The van der Waals surface area contributed by atoms with Crippen molar-refractivity contribution in [2.75, 3.05) is 7.11 Å². The maximum Gasteiger partial charge on any atom is 0.168 e. The highest BCUT2D eigenvalue weighted by molar-refractivity contribution is 14.1. The maximum absolute atomic E-state index is 10.7. The maximum atomic E-state index is 10.7. The standard InChI is InChI=1S/C9H7IN2O2/c1-14-5-2-6(10)9-7(3-5)11-12-8(9)4-13/h2-4H,1H3,(H,11,12). The van der Waals surface area contributed by atoms with Gasteiger partial charge in [0.2, 0.25) is 0 Å². The second-order valence-corrected chi connectivity index (χ2v) is 3.92. The second kappa shape index (κ2) is 3.56. The molecule has 0 aliphatic rings. The number of aldehydes is 1. The third-order valence-corrected chi connectivity index (χ3v) is 2.81. The predicted molar refractivity (Wildman–Crippen MR) is 60.8 cm³/mol.